The summed E-state index contributed by atoms with van der Waals surface area (Å²) in [5.41, 5.74) is 2.82. The van der Waals surface area contributed by atoms with Crippen LogP contribution in [0.4, 0.5) is 0 Å². The first-order valence-corrected chi connectivity index (χ1v) is 16.5. The highest BCUT2D eigenvalue weighted by Gasteiger charge is 2.43. The van der Waals surface area contributed by atoms with Crippen molar-refractivity contribution < 1.29 is 28.6 Å². The van der Waals surface area contributed by atoms with Gasteiger partial charge in [-0.25, -0.2) is 4.68 Å². The SMILES string of the molecule is COc1cc2cc(c1OC)CCCNC(=O)CCC[C@H]1[C@H]3C[C@@H](CN(C(=O)COc4ccc(-n5cnnn5)cc4)C3)CN1C(=O)CC2. The molecule has 1 N–H and O–H groups in total. The number of ether oxygens (including phenoxy) is 3. The van der Waals surface area contributed by atoms with Gasteiger partial charge >= 0.3 is 0 Å². The number of hydrogen-bond donors (Lipinski definition) is 1. The minimum Gasteiger partial charge on any atom is -0.493 e. The fourth-order valence-electron chi connectivity index (χ4n) is 7.32. The third kappa shape index (κ3) is 7.66. The number of carbonyl (C=O) groups excluding carboxylic acids is 3. The average molecular weight is 646 g/mol. The zero-order valence-electron chi connectivity index (χ0n) is 27.1. The number of rotatable bonds is 6. The summed E-state index contributed by atoms with van der Waals surface area (Å²) >= 11 is 0. The lowest BCUT2D eigenvalue weighted by molar-refractivity contribution is -0.146. The Morgan fingerprint density at radius 2 is 1.83 bits per heavy atom. The molecule has 250 valence electrons. The Balaban J connectivity index is 1.13. The molecule has 13 nitrogen and oxygen atoms in total. The molecule has 4 bridgehead atoms. The molecule has 0 saturated carbocycles. The number of aromatic nitrogens is 4. The average Bonchev–Trinajstić information content (AvgIpc) is 3.63. The Hall–Kier alpha value is -4.68. The largest absolute Gasteiger partial charge is 0.493 e. The van der Waals surface area contributed by atoms with Crippen LogP contribution < -0.4 is 19.5 Å². The van der Waals surface area contributed by atoms with Crippen LogP contribution in [0.25, 0.3) is 5.69 Å². The summed E-state index contributed by atoms with van der Waals surface area (Å²) in [7, 11) is 3.25. The molecule has 3 aliphatic heterocycles. The summed E-state index contributed by atoms with van der Waals surface area (Å²) in [6.07, 6.45) is 6.77. The van der Waals surface area contributed by atoms with Gasteiger partial charge in [-0.15, -0.1) is 5.10 Å². The molecule has 3 amide bonds. The van der Waals surface area contributed by atoms with Gasteiger partial charge in [-0.05, 0) is 102 Å². The molecule has 47 heavy (non-hydrogen) atoms. The molecule has 1 aromatic heterocycles. The van der Waals surface area contributed by atoms with E-state index in [1.165, 1.54) is 6.33 Å². The van der Waals surface area contributed by atoms with Crippen LogP contribution >= 0.6 is 0 Å². The molecular weight excluding hydrogens is 602 g/mol. The first-order chi connectivity index (χ1) is 22.9. The number of piperidine rings is 2. The third-order valence-electron chi connectivity index (χ3n) is 9.55. The van der Waals surface area contributed by atoms with Crippen LogP contribution in [-0.2, 0) is 27.2 Å². The Labute approximate surface area is 274 Å². The van der Waals surface area contributed by atoms with Crippen molar-refractivity contribution in [1.82, 2.24) is 35.3 Å². The van der Waals surface area contributed by atoms with Gasteiger partial charge in [-0.3, -0.25) is 14.4 Å². The standard InChI is InChI=1S/C34H43N7O6/c1-45-30-17-23-8-13-32(43)40-19-24-16-26(29(40)6-3-7-31(42)35-14-4-5-25(15-23)34(30)46-2)20-39(18-24)33(44)21-47-28-11-9-27(10-12-28)41-22-36-37-38-41/h9-12,15,17,22,24,26,29H,3-8,13-14,16,18-21H2,1-2H3,(H,35,42)/t24-,26-,29-/m0/s1. The first kappa shape index (κ1) is 32.3. The Bertz CT molecular complexity index is 1550. The van der Waals surface area contributed by atoms with Gasteiger partial charge in [-0.1, -0.05) is 6.07 Å². The number of hydrogen-bond acceptors (Lipinski definition) is 9. The molecule has 2 saturated heterocycles. The summed E-state index contributed by atoms with van der Waals surface area (Å²) in [5, 5.41) is 14.2. The Morgan fingerprint density at radius 1 is 0.979 bits per heavy atom. The van der Waals surface area contributed by atoms with Gasteiger partial charge in [0, 0.05) is 45.1 Å². The van der Waals surface area contributed by atoms with Crippen LogP contribution in [0.2, 0.25) is 0 Å². The normalized spacial score (nSPS) is 22.2. The van der Waals surface area contributed by atoms with Gasteiger partial charge in [0.25, 0.3) is 5.91 Å². The highest BCUT2D eigenvalue weighted by Crippen LogP contribution is 2.37. The number of tetrazole rings is 1. The lowest BCUT2D eigenvalue weighted by Gasteiger charge is -2.51. The fourth-order valence-corrected chi connectivity index (χ4v) is 7.32. The molecule has 3 atom stereocenters. The van der Waals surface area contributed by atoms with E-state index in [1.807, 2.05) is 23.1 Å². The van der Waals surface area contributed by atoms with E-state index in [0.29, 0.717) is 69.1 Å². The number of benzene rings is 2. The van der Waals surface area contributed by atoms with Crippen molar-refractivity contribution in [2.24, 2.45) is 11.8 Å². The van der Waals surface area contributed by atoms with E-state index in [9.17, 15) is 14.4 Å². The quantitative estimate of drug-likeness (QED) is 0.428. The molecule has 2 aromatic carbocycles. The number of carbonyl (C=O) groups is 3. The van der Waals surface area contributed by atoms with Crippen molar-refractivity contribution in [2.75, 3.05) is 47.0 Å². The number of likely N-dealkylation sites (tertiary alicyclic amines) is 1. The van der Waals surface area contributed by atoms with E-state index in [1.54, 1.807) is 31.0 Å². The van der Waals surface area contributed by atoms with Gasteiger partial charge in [0.2, 0.25) is 11.8 Å². The summed E-state index contributed by atoms with van der Waals surface area (Å²) < 4.78 is 18.7. The zero-order chi connectivity index (χ0) is 32.8. The molecule has 3 aromatic rings. The van der Waals surface area contributed by atoms with Gasteiger partial charge in [-0.2, -0.15) is 0 Å². The number of nitrogens with one attached hydrogen (secondary N) is 1. The maximum Gasteiger partial charge on any atom is 0.260 e. The summed E-state index contributed by atoms with van der Waals surface area (Å²) in [6, 6.07) is 11.3. The van der Waals surface area contributed by atoms with Crippen LogP contribution in [0.5, 0.6) is 17.2 Å². The van der Waals surface area contributed by atoms with E-state index >= 15 is 0 Å². The molecule has 13 heteroatoms. The van der Waals surface area contributed by atoms with Crippen LogP contribution in [0.1, 0.15) is 49.7 Å². The fraction of sp³-hybridized carbons (Fsp3) is 0.529. The number of aryl methyl sites for hydroxylation is 2. The Morgan fingerprint density at radius 3 is 2.60 bits per heavy atom. The molecular formula is C34H43N7O6. The van der Waals surface area contributed by atoms with E-state index in [4.69, 9.17) is 14.2 Å². The number of nitrogens with zero attached hydrogens (tertiary/aromatic N) is 6. The molecule has 2 fully saturated rings. The van der Waals surface area contributed by atoms with Gasteiger partial charge in [0.1, 0.15) is 12.1 Å². The third-order valence-corrected chi connectivity index (χ3v) is 9.55. The first-order valence-electron chi connectivity index (χ1n) is 16.5. The lowest BCUT2D eigenvalue weighted by atomic mass is 9.77. The minimum absolute atomic E-state index is 0.0190. The molecule has 4 heterocycles. The maximum absolute atomic E-state index is 13.9. The van der Waals surface area contributed by atoms with E-state index in [0.717, 1.165) is 42.5 Å². The second-order valence-corrected chi connectivity index (χ2v) is 12.6. The maximum atomic E-state index is 13.9. The van der Waals surface area contributed by atoms with Gasteiger partial charge in [0.15, 0.2) is 18.1 Å². The second kappa shape index (κ2) is 14.8. The van der Waals surface area contributed by atoms with Crippen molar-refractivity contribution in [2.45, 2.75) is 57.4 Å². The second-order valence-electron chi connectivity index (χ2n) is 12.6. The van der Waals surface area contributed by atoms with E-state index < -0.39 is 0 Å². The van der Waals surface area contributed by atoms with Crippen LogP contribution in [0.15, 0.2) is 42.7 Å². The monoisotopic (exact) mass is 645 g/mol. The van der Waals surface area contributed by atoms with Gasteiger partial charge in [0.05, 0.1) is 19.9 Å². The Kier molecular flexibility index (Phi) is 10.2. The molecule has 0 aliphatic carbocycles. The summed E-state index contributed by atoms with van der Waals surface area (Å²) in [4.78, 5) is 43.9. The molecule has 0 spiro atoms. The van der Waals surface area contributed by atoms with E-state index in [2.05, 4.69) is 31.8 Å². The molecule has 0 unspecified atom stereocenters. The van der Waals surface area contributed by atoms with Crippen LogP contribution in [0.3, 0.4) is 0 Å². The molecule has 3 aliphatic rings. The summed E-state index contributed by atoms with van der Waals surface area (Å²) in [6.45, 7) is 2.28. The van der Waals surface area contributed by atoms with Crippen molar-refractivity contribution in [3.05, 3.63) is 53.9 Å². The zero-order valence-corrected chi connectivity index (χ0v) is 27.1. The molecule has 6 rings (SSSR count). The number of methoxy groups -OCH3 is 2. The van der Waals surface area contributed by atoms with Crippen LogP contribution in [0, 0.1) is 11.8 Å². The smallest absolute Gasteiger partial charge is 0.260 e. The van der Waals surface area contributed by atoms with Crippen molar-refractivity contribution in [3.63, 3.8) is 0 Å². The topological polar surface area (TPSA) is 141 Å². The predicted octanol–water partition coefficient (Wildman–Crippen LogP) is 2.60. The lowest BCUT2D eigenvalue weighted by Crippen LogP contribution is -2.60. The highest BCUT2D eigenvalue weighted by atomic mass is 16.5. The van der Waals surface area contributed by atoms with Crippen LogP contribution in [-0.4, -0.2) is 101 Å². The van der Waals surface area contributed by atoms with Crippen molar-refractivity contribution in [3.8, 4) is 22.9 Å². The molecule has 0 radical (unpaired) electrons. The van der Waals surface area contributed by atoms with Crippen molar-refractivity contribution in [1.29, 1.82) is 0 Å². The van der Waals surface area contributed by atoms with Gasteiger partial charge < -0.3 is 29.3 Å². The minimum atomic E-state index is -0.0686. The predicted molar refractivity (Wildman–Crippen MR) is 171 cm³/mol. The number of amides is 3. The van der Waals surface area contributed by atoms with E-state index in [-0.39, 0.29) is 42.2 Å². The van der Waals surface area contributed by atoms with Crippen molar-refractivity contribution >= 4 is 17.7 Å². The number of fused-ring (bicyclic) bond motifs is 6. The highest BCUT2D eigenvalue weighted by molar-refractivity contribution is 5.79. The summed E-state index contributed by atoms with van der Waals surface area (Å²) in [5.74, 6) is 2.33.